The third-order valence-corrected chi connectivity index (χ3v) is 7.99. The number of carbonyl (C=O) groups excluding carboxylic acids is 2. The predicted molar refractivity (Wildman–Crippen MR) is 166 cm³/mol. The number of halogens is 2. The number of urea groups is 1. The summed E-state index contributed by atoms with van der Waals surface area (Å²) < 4.78 is 6.17. The molecule has 4 aromatic rings. The highest BCUT2D eigenvalue weighted by atomic mass is 35.5. The van der Waals surface area contributed by atoms with Crippen molar-refractivity contribution in [3.8, 4) is 11.8 Å². The van der Waals surface area contributed by atoms with Crippen molar-refractivity contribution in [2.45, 2.75) is 32.0 Å². The second kappa shape index (κ2) is 11.6. The fourth-order valence-corrected chi connectivity index (χ4v) is 5.92. The first-order valence-electron chi connectivity index (χ1n) is 13.9. The van der Waals surface area contributed by atoms with Crippen LogP contribution in [0.2, 0.25) is 10.0 Å². The van der Waals surface area contributed by atoms with Crippen LogP contribution in [0.5, 0.6) is 5.75 Å². The Kier molecular flexibility index (Phi) is 7.74. The Labute approximate surface area is 258 Å². The molecular formula is C32H28Cl2N6O3. The maximum absolute atomic E-state index is 14.6. The summed E-state index contributed by atoms with van der Waals surface area (Å²) in [5.74, 6) is 0.583. The second-order valence-electron chi connectivity index (χ2n) is 10.7. The molecule has 2 aliphatic heterocycles. The van der Waals surface area contributed by atoms with E-state index >= 15 is 0 Å². The fourth-order valence-electron chi connectivity index (χ4n) is 5.62. The standard InChI is InChI=1S/C32H28Cl2N6O3/c1-18(2)43-27-13-19(15-35)3-9-24(27)31-38-29(20-4-6-21(33)7-5-20)30(25-16-37-26-14-22(34)8-10-23(25)26)40(31)32(42)39-12-11-36-28(41)17-39/h3-10,13-14,16,18,29-30,37H,11-12,17H2,1-2H3,(H,36,41). The van der Waals surface area contributed by atoms with E-state index in [9.17, 15) is 14.9 Å². The van der Waals surface area contributed by atoms with Crippen LogP contribution in [-0.4, -0.2) is 58.3 Å². The number of nitrogens with one attached hydrogen (secondary N) is 2. The number of rotatable bonds is 5. The molecule has 43 heavy (non-hydrogen) atoms. The predicted octanol–water partition coefficient (Wildman–Crippen LogP) is 6.23. The van der Waals surface area contributed by atoms with Crippen molar-refractivity contribution in [1.29, 1.82) is 5.26 Å². The van der Waals surface area contributed by atoms with E-state index in [1.165, 1.54) is 4.90 Å². The van der Waals surface area contributed by atoms with Crippen molar-refractivity contribution in [2.24, 2.45) is 4.99 Å². The topological polar surface area (TPSA) is 114 Å². The smallest absolute Gasteiger partial charge is 0.326 e. The van der Waals surface area contributed by atoms with Crippen LogP contribution >= 0.6 is 23.2 Å². The molecule has 6 rings (SSSR count). The number of nitriles is 1. The molecule has 218 valence electrons. The number of aliphatic imine (C=N–C) groups is 1. The molecule has 3 heterocycles. The summed E-state index contributed by atoms with van der Waals surface area (Å²) >= 11 is 12.6. The van der Waals surface area contributed by atoms with E-state index in [1.807, 2.05) is 50.4 Å². The molecule has 3 amide bonds. The number of ether oxygens (including phenoxy) is 1. The molecule has 2 aliphatic rings. The zero-order valence-corrected chi connectivity index (χ0v) is 25.0. The van der Waals surface area contributed by atoms with Crippen LogP contribution in [0.15, 0.2) is 71.9 Å². The highest BCUT2D eigenvalue weighted by Crippen LogP contribution is 2.47. The van der Waals surface area contributed by atoms with Gasteiger partial charge in [-0.2, -0.15) is 5.26 Å². The molecule has 1 fully saturated rings. The van der Waals surface area contributed by atoms with E-state index < -0.39 is 12.1 Å². The Morgan fingerprint density at radius 2 is 1.86 bits per heavy atom. The third kappa shape index (κ3) is 5.52. The lowest BCUT2D eigenvalue weighted by Crippen LogP contribution is -2.55. The summed E-state index contributed by atoms with van der Waals surface area (Å²) in [6.07, 6.45) is 1.67. The number of benzene rings is 3. The molecule has 9 nitrogen and oxygen atoms in total. The fraction of sp³-hybridized carbons (Fsp3) is 0.250. The molecule has 2 N–H and O–H groups in total. The molecule has 0 bridgehead atoms. The molecule has 1 aromatic heterocycles. The highest BCUT2D eigenvalue weighted by Gasteiger charge is 2.46. The molecule has 0 aliphatic carbocycles. The molecule has 11 heteroatoms. The van der Waals surface area contributed by atoms with Crippen LogP contribution in [0, 0.1) is 11.3 Å². The van der Waals surface area contributed by atoms with Crippen molar-refractivity contribution < 1.29 is 14.3 Å². The lowest BCUT2D eigenvalue weighted by molar-refractivity contribution is -0.123. The normalized spacial score (nSPS) is 18.5. The second-order valence-corrected chi connectivity index (χ2v) is 11.6. The Balaban J connectivity index is 1.59. The quantitative estimate of drug-likeness (QED) is 0.277. The van der Waals surface area contributed by atoms with Gasteiger partial charge < -0.3 is 19.9 Å². The number of amidine groups is 1. The molecule has 3 aromatic carbocycles. The van der Waals surface area contributed by atoms with Gasteiger partial charge >= 0.3 is 6.03 Å². The van der Waals surface area contributed by atoms with E-state index in [0.717, 1.165) is 22.0 Å². The van der Waals surface area contributed by atoms with Crippen LogP contribution in [-0.2, 0) is 4.79 Å². The van der Waals surface area contributed by atoms with Gasteiger partial charge in [-0.25, -0.2) is 4.79 Å². The van der Waals surface area contributed by atoms with Gasteiger partial charge in [0.2, 0.25) is 5.91 Å². The van der Waals surface area contributed by atoms with Crippen LogP contribution in [0.3, 0.4) is 0 Å². The average molecular weight is 616 g/mol. The van der Waals surface area contributed by atoms with Crippen LogP contribution in [0.25, 0.3) is 10.9 Å². The summed E-state index contributed by atoms with van der Waals surface area (Å²) in [6, 6.07) is 18.7. The number of H-pyrrole nitrogens is 1. The number of fused-ring (bicyclic) bond motifs is 1. The number of hydrogen-bond acceptors (Lipinski definition) is 5. The number of aromatic nitrogens is 1. The average Bonchev–Trinajstić information content (AvgIpc) is 3.58. The lowest BCUT2D eigenvalue weighted by Gasteiger charge is -2.35. The maximum Gasteiger partial charge on any atom is 0.326 e. The van der Waals surface area contributed by atoms with Gasteiger partial charge in [0, 0.05) is 45.8 Å². The largest absolute Gasteiger partial charge is 0.490 e. The molecule has 2 unspecified atom stereocenters. The SMILES string of the molecule is CC(C)Oc1cc(C#N)ccc1C1=NC(c2ccc(Cl)cc2)C(c2c[nH]c3cc(Cl)ccc23)N1C(=O)N1CCNC(=O)C1. The maximum atomic E-state index is 14.6. The van der Waals surface area contributed by atoms with Gasteiger partial charge in [0.15, 0.2) is 0 Å². The summed E-state index contributed by atoms with van der Waals surface area (Å²) in [5.41, 5.74) is 3.48. The number of amides is 3. The van der Waals surface area contributed by atoms with Crippen LogP contribution in [0.1, 0.15) is 48.2 Å². The van der Waals surface area contributed by atoms with Gasteiger partial charge in [0.05, 0.1) is 29.3 Å². The Morgan fingerprint density at radius 1 is 1.09 bits per heavy atom. The first kappa shape index (κ1) is 28.6. The minimum atomic E-state index is -0.605. The molecule has 0 radical (unpaired) electrons. The van der Waals surface area contributed by atoms with Gasteiger partial charge in [-0.3, -0.25) is 14.7 Å². The van der Waals surface area contributed by atoms with Gasteiger partial charge in [-0.15, -0.1) is 0 Å². The van der Waals surface area contributed by atoms with Crippen molar-refractivity contribution in [3.63, 3.8) is 0 Å². The molecule has 1 saturated heterocycles. The number of hydrogen-bond donors (Lipinski definition) is 2. The van der Waals surface area contributed by atoms with Crippen molar-refractivity contribution >= 4 is 51.9 Å². The van der Waals surface area contributed by atoms with E-state index in [0.29, 0.717) is 45.8 Å². The lowest BCUT2D eigenvalue weighted by atomic mass is 9.93. The van der Waals surface area contributed by atoms with Crippen molar-refractivity contribution in [1.82, 2.24) is 20.1 Å². The van der Waals surface area contributed by atoms with Gasteiger partial charge in [-0.05, 0) is 61.9 Å². The van der Waals surface area contributed by atoms with E-state index in [1.54, 1.807) is 35.2 Å². The molecule has 0 spiro atoms. The van der Waals surface area contributed by atoms with Crippen LogP contribution < -0.4 is 10.1 Å². The summed E-state index contributed by atoms with van der Waals surface area (Å²) in [5, 5.41) is 14.5. The number of piperazine rings is 1. The number of nitrogens with zero attached hydrogens (tertiary/aromatic N) is 4. The summed E-state index contributed by atoms with van der Waals surface area (Å²) in [6.45, 7) is 4.41. The first-order valence-corrected chi connectivity index (χ1v) is 14.6. The number of aromatic amines is 1. The Bertz CT molecular complexity index is 1790. The van der Waals surface area contributed by atoms with Gasteiger partial charge in [0.1, 0.15) is 24.2 Å². The van der Waals surface area contributed by atoms with Gasteiger partial charge in [-0.1, -0.05) is 41.4 Å². The highest BCUT2D eigenvalue weighted by molar-refractivity contribution is 6.31. The zero-order valence-electron chi connectivity index (χ0n) is 23.5. The van der Waals surface area contributed by atoms with Crippen LogP contribution in [0.4, 0.5) is 4.79 Å². The molecule has 0 saturated carbocycles. The Hall–Kier alpha value is -4.52. The van der Waals surface area contributed by atoms with Crippen molar-refractivity contribution in [3.05, 3.63) is 99.2 Å². The van der Waals surface area contributed by atoms with E-state index in [4.69, 9.17) is 32.9 Å². The summed E-state index contributed by atoms with van der Waals surface area (Å²) in [7, 11) is 0. The van der Waals surface area contributed by atoms with E-state index in [2.05, 4.69) is 16.4 Å². The molecule has 2 atom stereocenters. The zero-order chi connectivity index (χ0) is 30.2. The minimum absolute atomic E-state index is 0.0762. The van der Waals surface area contributed by atoms with Gasteiger partial charge in [0.25, 0.3) is 0 Å². The summed E-state index contributed by atoms with van der Waals surface area (Å²) in [4.78, 5) is 38.7. The minimum Gasteiger partial charge on any atom is -0.490 e. The van der Waals surface area contributed by atoms with E-state index in [-0.39, 0.29) is 24.6 Å². The monoisotopic (exact) mass is 614 g/mol. The Morgan fingerprint density at radius 3 is 2.58 bits per heavy atom. The van der Waals surface area contributed by atoms with Crippen molar-refractivity contribution in [2.75, 3.05) is 19.6 Å². The molecular weight excluding hydrogens is 587 g/mol. The third-order valence-electron chi connectivity index (χ3n) is 7.50. The number of carbonyl (C=O) groups is 2. The first-order chi connectivity index (χ1) is 20.7.